The summed E-state index contributed by atoms with van der Waals surface area (Å²) in [6, 6.07) is 2.22. The van der Waals surface area contributed by atoms with Crippen molar-refractivity contribution >= 4 is 9.84 Å². The van der Waals surface area contributed by atoms with Crippen LogP contribution in [0, 0.1) is 17.2 Å². The average Bonchev–Trinajstić information content (AvgIpc) is 2.65. The third-order valence-corrected chi connectivity index (χ3v) is 7.14. The van der Waals surface area contributed by atoms with Crippen LogP contribution in [0.25, 0.3) is 0 Å². The van der Waals surface area contributed by atoms with E-state index in [1.807, 2.05) is 6.92 Å². The number of hydrogen-bond donors (Lipinski definition) is 0. The fourth-order valence-electron chi connectivity index (χ4n) is 3.18. The lowest BCUT2D eigenvalue weighted by Crippen LogP contribution is -2.39. The molecule has 0 aromatic heterocycles. The molecular weight excluding hydrogens is 250 g/mol. The van der Waals surface area contributed by atoms with Gasteiger partial charge in [0.25, 0.3) is 0 Å². The van der Waals surface area contributed by atoms with Gasteiger partial charge in [0.1, 0.15) is 0 Å². The van der Waals surface area contributed by atoms with E-state index >= 15 is 0 Å². The fourth-order valence-corrected chi connectivity index (χ4v) is 5.82. The van der Waals surface area contributed by atoms with Gasteiger partial charge in [0.2, 0.25) is 0 Å². The molecule has 5 heteroatoms. The van der Waals surface area contributed by atoms with Crippen molar-refractivity contribution in [2.75, 3.05) is 6.61 Å². The number of hydrogen-bond acceptors (Lipinski definition) is 4. The fraction of sp³-hybridized carbons (Fsp3) is 0.923. The van der Waals surface area contributed by atoms with Gasteiger partial charge in [-0.15, -0.1) is 0 Å². The van der Waals surface area contributed by atoms with Crippen molar-refractivity contribution in [3.63, 3.8) is 0 Å². The van der Waals surface area contributed by atoms with E-state index in [1.54, 1.807) is 0 Å². The molecule has 18 heavy (non-hydrogen) atoms. The molecule has 0 amide bonds. The Morgan fingerprint density at radius 2 is 1.83 bits per heavy atom. The predicted molar refractivity (Wildman–Crippen MR) is 68.7 cm³/mol. The lowest BCUT2D eigenvalue weighted by atomic mass is 10.0. The molecule has 0 N–H and O–H groups in total. The molecule has 1 saturated carbocycles. The van der Waals surface area contributed by atoms with Crippen molar-refractivity contribution in [2.24, 2.45) is 5.92 Å². The van der Waals surface area contributed by atoms with Gasteiger partial charge in [0.05, 0.1) is 28.6 Å². The minimum atomic E-state index is -3.24. The Bertz CT molecular complexity index is 426. The first-order valence-electron chi connectivity index (χ1n) is 6.81. The van der Waals surface area contributed by atoms with Gasteiger partial charge in [-0.25, -0.2) is 8.42 Å². The second-order valence-corrected chi connectivity index (χ2v) is 7.79. The van der Waals surface area contributed by atoms with Crippen LogP contribution in [-0.4, -0.2) is 31.6 Å². The largest absolute Gasteiger partial charge is 0.377 e. The van der Waals surface area contributed by atoms with Crippen molar-refractivity contribution < 1.29 is 13.2 Å². The molecule has 1 saturated heterocycles. The first-order chi connectivity index (χ1) is 8.57. The highest BCUT2D eigenvalue weighted by Gasteiger charge is 2.44. The molecule has 102 valence electrons. The predicted octanol–water partition coefficient (Wildman–Crippen LogP) is 2.05. The van der Waals surface area contributed by atoms with Crippen LogP contribution in [-0.2, 0) is 14.6 Å². The number of sulfone groups is 1. The lowest BCUT2D eigenvalue weighted by Gasteiger charge is -2.25. The first kappa shape index (κ1) is 13.8. The zero-order valence-electron chi connectivity index (χ0n) is 10.8. The van der Waals surface area contributed by atoms with Crippen molar-refractivity contribution in [3.8, 4) is 6.07 Å². The molecule has 0 aromatic rings. The third kappa shape index (κ3) is 2.55. The van der Waals surface area contributed by atoms with Crippen molar-refractivity contribution in [1.82, 2.24) is 0 Å². The summed E-state index contributed by atoms with van der Waals surface area (Å²) in [6.45, 7) is 2.35. The van der Waals surface area contributed by atoms with E-state index in [2.05, 4.69) is 6.07 Å². The highest BCUT2D eigenvalue weighted by Crippen LogP contribution is 2.34. The molecule has 0 aromatic carbocycles. The smallest absolute Gasteiger partial charge is 0.159 e. The normalized spacial score (nSPS) is 38.0. The monoisotopic (exact) mass is 271 g/mol. The summed E-state index contributed by atoms with van der Waals surface area (Å²) in [4.78, 5) is 0. The van der Waals surface area contributed by atoms with Gasteiger partial charge in [-0.05, 0) is 26.2 Å². The highest BCUT2D eigenvalue weighted by atomic mass is 32.2. The van der Waals surface area contributed by atoms with Crippen molar-refractivity contribution in [3.05, 3.63) is 0 Å². The quantitative estimate of drug-likeness (QED) is 0.721. The molecule has 1 aliphatic carbocycles. The lowest BCUT2D eigenvalue weighted by molar-refractivity contribution is 0.126. The molecule has 0 spiro atoms. The Morgan fingerprint density at radius 3 is 2.44 bits per heavy atom. The van der Waals surface area contributed by atoms with Gasteiger partial charge in [-0.1, -0.05) is 19.3 Å². The Balaban J connectivity index is 2.24. The number of ether oxygens (including phenoxy) is 1. The summed E-state index contributed by atoms with van der Waals surface area (Å²) in [5.74, 6) is -0.328. The van der Waals surface area contributed by atoms with Crippen LogP contribution < -0.4 is 0 Å². The maximum Gasteiger partial charge on any atom is 0.159 e. The molecule has 2 fully saturated rings. The molecule has 0 radical (unpaired) electrons. The van der Waals surface area contributed by atoms with E-state index in [0.717, 1.165) is 25.7 Å². The summed E-state index contributed by atoms with van der Waals surface area (Å²) >= 11 is 0. The van der Waals surface area contributed by atoms with Crippen LogP contribution in [0.1, 0.15) is 45.4 Å². The number of nitrogens with zero attached hydrogens (tertiary/aromatic N) is 1. The minimum absolute atomic E-state index is 0.224. The zero-order chi connectivity index (χ0) is 13.2. The second-order valence-electron chi connectivity index (χ2n) is 5.40. The average molecular weight is 271 g/mol. The van der Waals surface area contributed by atoms with Crippen LogP contribution in [0.3, 0.4) is 0 Å². The molecule has 2 aliphatic rings. The van der Waals surface area contributed by atoms with E-state index in [-0.39, 0.29) is 12.0 Å². The Kier molecular flexibility index (Phi) is 4.29. The van der Waals surface area contributed by atoms with Gasteiger partial charge >= 0.3 is 0 Å². The van der Waals surface area contributed by atoms with E-state index < -0.39 is 20.3 Å². The zero-order valence-corrected chi connectivity index (χ0v) is 11.7. The second kappa shape index (κ2) is 5.58. The van der Waals surface area contributed by atoms with Crippen LogP contribution in [0.15, 0.2) is 0 Å². The molecule has 2 rings (SSSR count). The summed E-state index contributed by atoms with van der Waals surface area (Å²) in [5, 5.41) is 8.33. The molecule has 4 atom stereocenters. The number of nitriles is 1. The summed E-state index contributed by atoms with van der Waals surface area (Å²) in [7, 11) is -3.24. The molecule has 1 heterocycles. The summed E-state index contributed by atoms with van der Waals surface area (Å²) < 4.78 is 30.8. The Labute approximate surface area is 109 Å². The van der Waals surface area contributed by atoms with Crippen LogP contribution in [0.4, 0.5) is 0 Å². The topological polar surface area (TPSA) is 67.2 Å². The van der Waals surface area contributed by atoms with E-state index in [1.165, 1.54) is 0 Å². The first-order valence-corrected chi connectivity index (χ1v) is 8.42. The maximum absolute atomic E-state index is 12.7. The summed E-state index contributed by atoms with van der Waals surface area (Å²) in [6.07, 6.45) is 4.66. The molecule has 0 bridgehead atoms. The van der Waals surface area contributed by atoms with Crippen molar-refractivity contribution in [1.29, 1.82) is 5.26 Å². The molecule has 4 nitrogen and oxygen atoms in total. The number of rotatable bonds is 2. The SMILES string of the molecule is CC1OCCC1S(=O)(=O)C1CCCCCC1C#N. The van der Waals surface area contributed by atoms with E-state index in [4.69, 9.17) is 4.74 Å². The highest BCUT2D eigenvalue weighted by molar-refractivity contribution is 7.92. The van der Waals surface area contributed by atoms with Gasteiger partial charge in [0.15, 0.2) is 9.84 Å². The van der Waals surface area contributed by atoms with Gasteiger partial charge in [-0.3, -0.25) is 0 Å². The Hall–Kier alpha value is -0.600. The van der Waals surface area contributed by atoms with Crippen molar-refractivity contribution in [2.45, 2.75) is 62.1 Å². The van der Waals surface area contributed by atoms with E-state index in [0.29, 0.717) is 19.4 Å². The molecular formula is C13H21NO3S. The van der Waals surface area contributed by atoms with Crippen LogP contribution in [0.2, 0.25) is 0 Å². The third-order valence-electron chi connectivity index (χ3n) is 4.27. The Morgan fingerprint density at radius 1 is 1.11 bits per heavy atom. The minimum Gasteiger partial charge on any atom is -0.377 e. The molecule has 1 aliphatic heterocycles. The van der Waals surface area contributed by atoms with Crippen LogP contribution in [0.5, 0.6) is 0 Å². The molecule has 4 unspecified atom stereocenters. The maximum atomic E-state index is 12.7. The van der Waals surface area contributed by atoms with Gasteiger partial charge in [-0.2, -0.15) is 5.26 Å². The van der Waals surface area contributed by atoms with Gasteiger partial charge < -0.3 is 4.74 Å². The van der Waals surface area contributed by atoms with E-state index in [9.17, 15) is 13.7 Å². The standard InChI is InChI=1S/C13H21NO3S/c1-10-12(7-8-17-10)18(15,16)13-6-4-2-3-5-11(13)9-14/h10-13H,2-8H2,1H3. The van der Waals surface area contributed by atoms with Crippen LogP contribution >= 0.6 is 0 Å². The summed E-state index contributed by atoms with van der Waals surface area (Å²) in [5.41, 5.74) is 0. The van der Waals surface area contributed by atoms with Gasteiger partial charge in [0, 0.05) is 6.61 Å².